The molecule has 0 atom stereocenters. The number of halogens is 2. The minimum absolute atomic E-state index is 0.176. The first-order chi connectivity index (χ1) is 8.58. The number of hydrogen-bond acceptors (Lipinski definition) is 3. The molecule has 2 aromatic rings. The van der Waals surface area contributed by atoms with Crippen LogP contribution in [0.2, 0.25) is 5.02 Å². The van der Waals surface area contributed by atoms with Gasteiger partial charge in [0, 0.05) is 20.1 Å². The molecule has 0 radical (unpaired) electrons. The molecular formula is C12H9BrClNO2S. The molecule has 0 saturated heterocycles. The van der Waals surface area contributed by atoms with Crippen molar-refractivity contribution in [3.05, 3.63) is 49.6 Å². The molecule has 0 bridgehead atoms. The van der Waals surface area contributed by atoms with Crippen LogP contribution in [0, 0.1) is 0 Å². The van der Waals surface area contributed by atoms with Crippen molar-refractivity contribution >= 4 is 50.5 Å². The molecular weight excluding hydrogens is 338 g/mol. The molecule has 18 heavy (non-hydrogen) atoms. The third-order valence-corrected chi connectivity index (χ3v) is 4.50. The number of carboxylic acids is 1. The number of thiophene rings is 1. The van der Waals surface area contributed by atoms with Gasteiger partial charge >= 0.3 is 5.97 Å². The maximum Gasteiger partial charge on any atom is 0.337 e. The van der Waals surface area contributed by atoms with Crippen LogP contribution in [0.15, 0.2) is 34.1 Å². The van der Waals surface area contributed by atoms with Crippen LogP contribution < -0.4 is 5.32 Å². The average Bonchev–Trinajstić information content (AvgIpc) is 2.73. The van der Waals surface area contributed by atoms with Crippen LogP contribution in [0.1, 0.15) is 15.2 Å². The number of aromatic carboxylic acids is 1. The van der Waals surface area contributed by atoms with Crippen LogP contribution in [0.4, 0.5) is 5.69 Å². The SMILES string of the molecule is O=C(O)c1cc(Cl)ccc1NCc1sccc1Br. The van der Waals surface area contributed by atoms with Crippen molar-refractivity contribution in [1.29, 1.82) is 0 Å². The van der Waals surface area contributed by atoms with Gasteiger partial charge in [-0.3, -0.25) is 0 Å². The molecule has 0 fully saturated rings. The highest BCUT2D eigenvalue weighted by Crippen LogP contribution is 2.25. The van der Waals surface area contributed by atoms with Gasteiger partial charge in [-0.1, -0.05) is 11.6 Å². The number of benzene rings is 1. The second-order valence-corrected chi connectivity index (χ2v) is 5.83. The molecule has 1 aromatic carbocycles. The largest absolute Gasteiger partial charge is 0.478 e. The maximum absolute atomic E-state index is 11.1. The lowest BCUT2D eigenvalue weighted by atomic mass is 10.2. The van der Waals surface area contributed by atoms with Crippen molar-refractivity contribution in [3.63, 3.8) is 0 Å². The number of carbonyl (C=O) groups is 1. The van der Waals surface area contributed by atoms with Gasteiger partial charge in [0.05, 0.1) is 12.1 Å². The average molecular weight is 347 g/mol. The van der Waals surface area contributed by atoms with Crippen molar-refractivity contribution in [1.82, 2.24) is 0 Å². The topological polar surface area (TPSA) is 49.3 Å². The Labute approximate surface area is 122 Å². The fourth-order valence-corrected chi connectivity index (χ4v) is 3.08. The highest BCUT2D eigenvalue weighted by atomic mass is 79.9. The minimum Gasteiger partial charge on any atom is -0.478 e. The van der Waals surface area contributed by atoms with Gasteiger partial charge in [-0.2, -0.15) is 0 Å². The van der Waals surface area contributed by atoms with Gasteiger partial charge in [0.1, 0.15) is 0 Å². The molecule has 1 aromatic heterocycles. The van der Waals surface area contributed by atoms with Gasteiger partial charge in [-0.15, -0.1) is 11.3 Å². The van der Waals surface area contributed by atoms with Gasteiger partial charge in [0.25, 0.3) is 0 Å². The Bertz CT molecular complexity index is 585. The van der Waals surface area contributed by atoms with E-state index in [-0.39, 0.29) is 5.56 Å². The Kier molecular flexibility index (Phi) is 4.27. The lowest BCUT2D eigenvalue weighted by molar-refractivity contribution is 0.0698. The van der Waals surface area contributed by atoms with Crippen LogP contribution in [0.25, 0.3) is 0 Å². The third-order valence-electron chi connectivity index (χ3n) is 2.34. The van der Waals surface area contributed by atoms with E-state index in [0.29, 0.717) is 17.3 Å². The molecule has 0 aliphatic rings. The van der Waals surface area contributed by atoms with E-state index in [1.54, 1.807) is 23.5 Å². The Hall–Kier alpha value is -1.04. The quantitative estimate of drug-likeness (QED) is 0.858. The molecule has 6 heteroatoms. The zero-order valence-electron chi connectivity index (χ0n) is 9.11. The highest BCUT2D eigenvalue weighted by Gasteiger charge is 2.11. The summed E-state index contributed by atoms with van der Waals surface area (Å²) in [6, 6.07) is 6.74. The van der Waals surface area contributed by atoms with E-state index in [1.165, 1.54) is 6.07 Å². The monoisotopic (exact) mass is 345 g/mol. The van der Waals surface area contributed by atoms with E-state index in [1.807, 2.05) is 11.4 Å². The summed E-state index contributed by atoms with van der Waals surface area (Å²) >= 11 is 10.8. The molecule has 0 aliphatic heterocycles. The van der Waals surface area contributed by atoms with E-state index >= 15 is 0 Å². The van der Waals surface area contributed by atoms with Crippen molar-refractivity contribution in [3.8, 4) is 0 Å². The van der Waals surface area contributed by atoms with Gasteiger partial charge < -0.3 is 10.4 Å². The summed E-state index contributed by atoms with van der Waals surface area (Å²) in [5.74, 6) is -0.995. The summed E-state index contributed by atoms with van der Waals surface area (Å²) < 4.78 is 1.02. The second-order valence-electron chi connectivity index (χ2n) is 3.54. The van der Waals surface area contributed by atoms with Crippen molar-refractivity contribution in [2.45, 2.75) is 6.54 Å². The first-order valence-electron chi connectivity index (χ1n) is 5.06. The maximum atomic E-state index is 11.1. The molecule has 2 rings (SSSR count). The smallest absolute Gasteiger partial charge is 0.337 e. The Morgan fingerprint density at radius 3 is 2.83 bits per heavy atom. The first-order valence-corrected chi connectivity index (χ1v) is 7.11. The summed E-state index contributed by atoms with van der Waals surface area (Å²) in [6.45, 7) is 0.570. The molecule has 0 aliphatic carbocycles. The van der Waals surface area contributed by atoms with E-state index in [0.717, 1.165) is 9.35 Å². The molecule has 2 N–H and O–H groups in total. The van der Waals surface area contributed by atoms with Crippen LogP contribution in [-0.4, -0.2) is 11.1 Å². The van der Waals surface area contributed by atoms with Crippen molar-refractivity contribution < 1.29 is 9.90 Å². The molecule has 3 nitrogen and oxygen atoms in total. The number of nitrogens with one attached hydrogen (secondary N) is 1. The van der Waals surface area contributed by atoms with E-state index in [2.05, 4.69) is 21.2 Å². The first kappa shape index (κ1) is 13.4. The van der Waals surface area contributed by atoms with E-state index < -0.39 is 5.97 Å². The van der Waals surface area contributed by atoms with Gasteiger partial charge in [0.2, 0.25) is 0 Å². The van der Waals surface area contributed by atoms with Crippen LogP contribution in [0.3, 0.4) is 0 Å². The van der Waals surface area contributed by atoms with Crippen molar-refractivity contribution in [2.24, 2.45) is 0 Å². The van der Waals surface area contributed by atoms with Crippen LogP contribution in [-0.2, 0) is 6.54 Å². The van der Waals surface area contributed by atoms with Crippen LogP contribution >= 0.6 is 38.9 Å². The molecule has 0 saturated carbocycles. The normalized spacial score (nSPS) is 10.3. The molecule has 94 valence electrons. The standard InChI is InChI=1S/C12H9BrClNO2S/c13-9-3-4-18-11(9)6-15-10-2-1-7(14)5-8(10)12(16)17/h1-5,15H,6H2,(H,16,17). The summed E-state index contributed by atoms with van der Waals surface area (Å²) in [7, 11) is 0. The molecule has 0 unspecified atom stereocenters. The van der Waals surface area contributed by atoms with Crippen LogP contribution in [0.5, 0.6) is 0 Å². The summed E-state index contributed by atoms with van der Waals surface area (Å²) in [4.78, 5) is 12.2. The Morgan fingerprint density at radius 2 is 2.22 bits per heavy atom. The fraction of sp³-hybridized carbons (Fsp3) is 0.0833. The van der Waals surface area contributed by atoms with E-state index in [9.17, 15) is 4.79 Å². The molecule has 1 heterocycles. The summed E-state index contributed by atoms with van der Waals surface area (Å²) in [5.41, 5.74) is 0.738. The Morgan fingerprint density at radius 1 is 1.44 bits per heavy atom. The van der Waals surface area contributed by atoms with Crippen molar-refractivity contribution in [2.75, 3.05) is 5.32 Å². The predicted molar refractivity (Wildman–Crippen MR) is 77.8 cm³/mol. The highest BCUT2D eigenvalue weighted by molar-refractivity contribution is 9.10. The number of rotatable bonds is 4. The lowest BCUT2D eigenvalue weighted by Gasteiger charge is -2.09. The summed E-state index contributed by atoms with van der Waals surface area (Å²) in [5, 5.41) is 14.6. The zero-order chi connectivity index (χ0) is 13.1. The molecule has 0 spiro atoms. The second kappa shape index (κ2) is 5.73. The number of anilines is 1. The summed E-state index contributed by atoms with van der Waals surface area (Å²) in [6.07, 6.45) is 0. The predicted octanol–water partition coefficient (Wildman–Crippen LogP) is 4.47. The third kappa shape index (κ3) is 3.04. The van der Waals surface area contributed by atoms with Gasteiger partial charge in [-0.05, 0) is 45.6 Å². The molecule has 0 amide bonds. The lowest BCUT2D eigenvalue weighted by Crippen LogP contribution is -2.05. The van der Waals surface area contributed by atoms with Gasteiger partial charge in [0.15, 0.2) is 0 Å². The van der Waals surface area contributed by atoms with Gasteiger partial charge in [-0.25, -0.2) is 4.79 Å². The Balaban J connectivity index is 2.19. The number of hydrogen-bond donors (Lipinski definition) is 2. The zero-order valence-corrected chi connectivity index (χ0v) is 12.3. The number of carboxylic acid groups (broad SMARTS) is 1. The van der Waals surface area contributed by atoms with E-state index in [4.69, 9.17) is 16.7 Å². The minimum atomic E-state index is -0.995. The fourth-order valence-electron chi connectivity index (χ4n) is 1.47.